The molecule has 1 unspecified atom stereocenters. The first-order valence-corrected chi connectivity index (χ1v) is 8.81. The number of aromatic nitrogens is 1. The van der Waals surface area contributed by atoms with Crippen LogP contribution in [0.2, 0.25) is 0 Å². The number of aryl methyl sites for hydroxylation is 1. The van der Waals surface area contributed by atoms with Gasteiger partial charge in [-0.1, -0.05) is 6.07 Å². The van der Waals surface area contributed by atoms with Crippen LogP contribution in [0, 0.1) is 18.6 Å². The van der Waals surface area contributed by atoms with E-state index in [2.05, 4.69) is 10.3 Å². The van der Waals surface area contributed by atoms with Gasteiger partial charge in [0.05, 0.1) is 23.5 Å². The smallest absolute Gasteiger partial charge is 0.142 e. The Morgan fingerprint density at radius 1 is 1.20 bits per heavy atom. The van der Waals surface area contributed by atoms with Gasteiger partial charge in [-0.25, -0.2) is 13.8 Å². The zero-order chi connectivity index (χ0) is 17.6. The van der Waals surface area contributed by atoms with Crippen molar-refractivity contribution < 1.29 is 13.5 Å². The van der Waals surface area contributed by atoms with Gasteiger partial charge in [-0.05, 0) is 44.2 Å². The molecule has 128 valence electrons. The topological polar surface area (TPSA) is 34.2 Å². The number of hydrogen-bond donors (Lipinski definition) is 1. The number of thiazole rings is 1. The summed E-state index contributed by atoms with van der Waals surface area (Å²) < 4.78 is 33.9. The first-order valence-electron chi connectivity index (χ1n) is 7.99. The molecule has 3 nitrogen and oxygen atoms in total. The lowest BCUT2D eigenvalue weighted by Gasteiger charge is -2.25. The fourth-order valence-corrected chi connectivity index (χ4v) is 3.89. The summed E-state index contributed by atoms with van der Waals surface area (Å²) in [7, 11) is 0. The molecule has 2 heterocycles. The van der Waals surface area contributed by atoms with E-state index in [1.165, 1.54) is 29.5 Å². The summed E-state index contributed by atoms with van der Waals surface area (Å²) in [4.78, 5) is 5.41. The average Bonchev–Trinajstić information content (AvgIpc) is 2.95. The number of hydrogen-bond acceptors (Lipinski definition) is 4. The summed E-state index contributed by atoms with van der Waals surface area (Å²) in [6.07, 6.45) is 0.120. The second-order valence-electron chi connectivity index (χ2n) is 6.04. The van der Waals surface area contributed by atoms with E-state index in [0.29, 0.717) is 5.01 Å². The van der Waals surface area contributed by atoms with E-state index >= 15 is 0 Å². The van der Waals surface area contributed by atoms with Crippen LogP contribution in [-0.2, 0) is 0 Å². The van der Waals surface area contributed by atoms with E-state index in [-0.39, 0.29) is 11.7 Å². The minimum atomic E-state index is -0.602. The number of fused-ring (bicyclic) bond motifs is 1. The van der Waals surface area contributed by atoms with Crippen molar-refractivity contribution in [1.29, 1.82) is 0 Å². The van der Waals surface area contributed by atoms with E-state index in [1.54, 1.807) is 0 Å². The second kappa shape index (κ2) is 6.11. The van der Waals surface area contributed by atoms with Gasteiger partial charge in [0.2, 0.25) is 0 Å². The lowest BCUT2D eigenvalue weighted by atomic mass is 10.1. The van der Waals surface area contributed by atoms with E-state index < -0.39 is 11.6 Å². The van der Waals surface area contributed by atoms with Crippen molar-refractivity contribution in [3.8, 4) is 27.6 Å². The largest absolute Gasteiger partial charge is 0.487 e. The number of rotatable bonds is 2. The summed E-state index contributed by atoms with van der Waals surface area (Å²) in [6.45, 7) is 4.64. The van der Waals surface area contributed by atoms with Crippen LogP contribution in [0.1, 0.15) is 11.8 Å². The molecule has 1 N–H and O–H groups in total. The molecule has 0 saturated carbocycles. The monoisotopic (exact) mass is 358 g/mol. The molecule has 4 rings (SSSR count). The van der Waals surface area contributed by atoms with E-state index in [4.69, 9.17) is 4.74 Å². The molecule has 0 saturated heterocycles. The Balaban J connectivity index is 1.77. The van der Waals surface area contributed by atoms with E-state index in [1.807, 2.05) is 32.0 Å². The maximum atomic E-state index is 14.0. The van der Waals surface area contributed by atoms with Gasteiger partial charge in [-0.15, -0.1) is 11.3 Å². The number of nitrogens with one attached hydrogen (secondary N) is 1. The Kier molecular flexibility index (Phi) is 3.92. The summed E-state index contributed by atoms with van der Waals surface area (Å²) in [6, 6.07) is 9.63. The summed E-state index contributed by atoms with van der Waals surface area (Å²) in [5, 5.41) is 3.68. The molecule has 6 heteroatoms. The first-order chi connectivity index (χ1) is 12.0. The highest BCUT2D eigenvalue weighted by atomic mass is 32.1. The Morgan fingerprint density at radius 3 is 2.72 bits per heavy atom. The van der Waals surface area contributed by atoms with Gasteiger partial charge in [0.15, 0.2) is 0 Å². The lowest BCUT2D eigenvalue weighted by molar-refractivity contribution is 0.226. The zero-order valence-electron chi connectivity index (χ0n) is 13.8. The molecule has 1 aromatic heterocycles. The van der Waals surface area contributed by atoms with Gasteiger partial charge < -0.3 is 10.1 Å². The first kappa shape index (κ1) is 16.0. The van der Waals surface area contributed by atoms with E-state index in [9.17, 15) is 8.78 Å². The maximum absolute atomic E-state index is 14.0. The SMILES string of the molecule is Cc1sc(-c2c(F)cccc2F)nc1-c1ccc2c(c1)NCC(C)O2. The van der Waals surface area contributed by atoms with Gasteiger partial charge in [0, 0.05) is 10.4 Å². The molecule has 1 aliphatic heterocycles. The maximum Gasteiger partial charge on any atom is 0.142 e. The molecule has 1 atom stereocenters. The van der Waals surface area contributed by atoms with Crippen molar-refractivity contribution in [2.24, 2.45) is 0 Å². The van der Waals surface area contributed by atoms with Crippen LogP contribution in [0.5, 0.6) is 5.75 Å². The van der Waals surface area contributed by atoms with Gasteiger partial charge in [0.25, 0.3) is 0 Å². The lowest BCUT2D eigenvalue weighted by Crippen LogP contribution is -2.27. The molecule has 0 aliphatic carbocycles. The standard InChI is InChI=1S/C19H16F2N2OS/c1-10-9-22-15-8-12(6-7-16(15)24-10)18-11(2)25-19(23-18)17-13(20)4-3-5-14(17)21/h3-8,10,22H,9H2,1-2H3. The number of halogens is 2. The third-order valence-corrected chi connectivity index (χ3v) is 5.12. The summed E-state index contributed by atoms with van der Waals surface area (Å²) in [5.41, 5.74) is 2.45. The Hall–Kier alpha value is -2.47. The van der Waals surface area contributed by atoms with Gasteiger partial charge in [-0.3, -0.25) is 0 Å². The van der Waals surface area contributed by atoms with Crippen LogP contribution in [-0.4, -0.2) is 17.6 Å². The summed E-state index contributed by atoms with van der Waals surface area (Å²) >= 11 is 1.29. The van der Waals surface area contributed by atoms with Crippen molar-refractivity contribution in [2.45, 2.75) is 20.0 Å². The van der Waals surface area contributed by atoms with Crippen molar-refractivity contribution in [3.05, 3.63) is 52.9 Å². The van der Waals surface area contributed by atoms with Crippen LogP contribution < -0.4 is 10.1 Å². The Labute approximate surface area is 148 Å². The van der Waals surface area contributed by atoms with Crippen LogP contribution >= 0.6 is 11.3 Å². The van der Waals surface area contributed by atoms with Crippen LogP contribution in [0.15, 0.2) is 36.4 Å². The van der Waals surface area contributed by atoms with Crippen LogP contribution in [0.3, 0.4) is 0 Å². The fourth-order valence-electron chi connectivity index (χ4n) is 2.90. The Bertz CT molecular complexity index is 934. The quantitative estimate of drug-likeness (QED) is 0.679. The Morgan fingerprint density at radius 2 is 1.96 bits per heavy atom. The molecule has 1 aliphatic rings. The predicted molar refractivity (Wildman–Crippen MR) is 96.2 cm³/mol. The molecule has 0 bridgehead atoms. The van der Waals surface area contributed by atoms with Crippen molar-refractivity contribution >= 4 is 17.0 Å². The molecule has 0 radical (unpaired) electrons. The van der Waals surface area contributed by atoms with Gasteiger partial charge in [-0.2, -0.15) is 0 Å². The molecule has 0 fully saturated rings. The highest BCUT2D eigenvalue weighted by Crippen LogP contribution is 2.38. The number of anilines is 1. The molecule has 0 amide bonds. The average molecular weight is 358 g/mol. The van der Waals surface area contributed by atoms with Gasteiger partial charge >= 0.3 is 0 Å². The minimum Gasteiger partial charge on any atom is -0.487 e. The molecule has 2 aromatic carbocycles. The number of benzene rings is 2. The van der Waals surface area contributed by atoms with Crippen molar-refractivity contribution in [3.63, 3.8) is 0 Å². The van der Waals surface area contributed by atoms with Crippen molar-refractivity contribution in [2.75, 3.05) is 11.9 Å². The third-order valence-electron chi connectivity index (χ3n) is 4.13. The second-order valence-corrected chi connectivity index (χ2v) is 7.24. The number of nitrogens with zero attached hydrogens (tertiary/aromatic N) is 1. The molecule has 3 aromatic rings. The molecule has 0 spiro atoms. The summed E-state index contributed by atoms with van der Waals surface area (Å²) in [5.74, 6) is -0.402. The highest BCUT2D eigenvalue weighted by Gasteiger charge is 2.20. The third kappa shape index (κ3) is 2.87. The molecule has 25 heavy (non-hydrogen) atoms. The highest BCUT2D eigenvalue weighted by molar-refractivity contribution is 7.15. The number of ether oxygens (including phenoxy) is 1. The fraction of sp³-hybridized carbons (Fsp3) is 0.211. The normalized spacial score (nSPS) is 16.1. The van der Waals surface area contributed by atoms with Gasteiger partial charge in [0.1, 0.15) is 28.5 Å². The van der Waals surface area contributed by atoms with E-state index in [0.717, 1.165) is 34.1 Å². The van der Waals surface area contributed by atoms with Crippen LogP contribution in [0.4, 0.5) is 14.5 Å². The zero-order valence-corrected chi connectivity index (χ0v) is 14.6. The van der Waals surface area contributed by atoms with Crippen LogP contribution in [0.25, 0.3) is 21.8 Å². The predicted octanol–water partition coefficient (Wildman–Crippen LogP) is 5.26. The van der Waals surface area contributed by atoms with Crippen molar-refractivity contribution in [1.82, 2.24) is 4.98 Å². The molecular weight excluding hydrogens is 342 g/mol. The molecular formula is C19H16F2N2OS. The minimum absolute atomic E-state index is 0.0740.